The fraction of sp³-hybridized carbons (Fsp3) is 0.263. The summed E-state index contributed by atoms with van der Waals surface area (Å²) in [6.45, 7) is 3.03. The molecule has 1 aromatic heterocycles. The minimum absolute atomic E-state index is 0.227. The van der Waals surface area contributed by atoms with Crippen LogP contribution in [0.3, 0.4) is 0 Å². The first-order valence-corrected chi connectivity index (χ1v) is 10.4. The molecule has 1 heterocycles. The molecule has 0 saturated heterocycles. The van der Waals surface area contributed by atoms with Gasteiger partial charge in [-0.2, -0.15) is 4.99 Å². The largest absolute Gasteiger partial charge is 0.380 e. The summed E-state index contributed by atoms with van der Waals surface area (Å²) in [5.74, 6) is -1.77. The number of thiazole rings is 1. The van der Waals surface area contributed by atoms with Gasteiger partial charge in [-0.25, -0.2) is 8.78 Å². The van der Waals surface area contributed by atoms with E-state index >= 15 is 0 Å². The van der Waals surface area contributed by atoms with Gasteiger partial charge in [-0.05, 0) is 37.4 Å². The van der Waals surface area contributed by atoms with Crippen molar-refractivity contribution in [1.82, 2.24) is 4.57 Å². The fourth-order valence-electron chi connectivity index (χ4n) is 2.63. The Morgan fingerprint density at radius 3 is 2.85 bits per heavy atom. The van der Waals surface area contributed by atoms with E-state index < -0.39 is 17.5 Å². The average Bonchev–Trinajstić information content (AvgIpc) is 2.99. The lowest BCUT2D eigenvalue weighted by atomic mass is 10.2. The van der Waals surface area contributed by atoms with Crippen LogP contribution in [0.5, 0.6) is 0 Å². The predicted molar refractivity (Wildman–Crippen MR) is 104 cm³/mol. The van der Waals surface area contributed by atoms with Crippen molar-refractivity contribution < 1.29 is 18.3 Å². The number of amides is 1. The van der Waals surface area contributed by atoms with Crippen LogP contribution in [0.4, 0.5) is 8.78 Å². The second kappa shape index (κ2) is 8.77. The normalized spacial score (nSPS) is 12.1. The molecule has 8 heteroatoms. The van der Waals surface area contributed by atoms with Gasteiger partial charge >= 0.3 is 0 Å². The first kappa shape index (κ1) is 19.7. The van der Waals surface area contributed by atoms with Crippen molar-refractivity contribution in [2.45, 2.75) is 18.4 Å². The molecule has 0 N–H and O–H groups in total. The van der Waals surface area contributed by atoms with E-state index in [4.69, 9.17) is 4.74 Å². The summed E-state index contributed by atoms with van der Waals surface area (Å²) in [7, 11) is 0. The number of rotatable bonds is 6. The topological polar surface area (TPSA) is 43.6 Å². The Labute approximate surface area is 163 Å². The highest BCUT2D eigenvalue weighted by atomic mass is 32.2. The molecule has 0 atom stereocenters. The van der Waals surface area contributed by atoms with E-state index in [0.29, 0.717) is 34.8 Å². The zero-order valence-corrected chi connectivity index (χ0v) is 16.5. The maximum atomic E-state index is 14.4. The molecule has 2 aromatic carbocycles. The van der Waals surface area contributed by atoms with Gasteiger partial charge in [-0.15, -0.1) is 11.8 Å². The first-order chi connectivity index (χ1) is 13.0. The van der Waals surface area contributed by atoms with E-state index in [0.717, 1.165) is 22.3 Å². The summed E-state index contributed by atoms with van der Waals surface area (Å²) in [5.41, 5.74) is 0.674. The number of thioether (sulfide) groups is 1. The Hall–Kier alpha value is -2.03. The summed E-state index contributed by atoms with van der Waals surface area (Å²) in [5, 5.41) is 0. The maximum absolute atomic E-state index is 14.4. The molecule has 1 amide bonds. The number of carbonyl (C=O) groups is 1. The molecule has 0 aliphatic heterocycles. The Kier molecular flexibility index (Phi) is 6.41. The highest BCUT2D eigenvalue weighted by Gasteiger charge is 2.14. The van der Waals surface area contributed by atoms with Crippen LogP contribution in [0.1, 0.15) is 17.3 Å². The Balaban J connectivity index is 2.10. The van der Waals surface area contributed by atoms with Crippen LogP contribution in [-0.2, 0) is 11.3 Å². The van der Waals surface area contributed by atoms with Crippen molar-refractivity contribution in [2.24, 2.45) is 4.99 Å². The van der Waals surface area contributed by atoms with Gasteiger partial charge in [0.1, 0.15) is 5.82 Å². The number of nitrogens with zero attached hydrogens (tertiary/aromatic N) is 2. The molecule has 142 valence electrons. The van der Waals surface area contributed by atoms with E-state index in [9.17, 15) is 13.6 Å². The molecule has 0 saturated carbocycles. The van der Waals surface area contributed by atoms with Gasteiger partial charge in [0, 0.05) is 29.7 Å². The van der Waals surface area contributed by atoms with Crippen LogP contribution in [0.25, 0.3) is 10.2 Å². The van der Waals surface area contributed by atoms with Crippen molar-refractivity contribution in [3.8, 4) is 0 Å². The molecular formula is C19H18F2N2O2S2. The lowest BCUT2D eigenvalue weighted by Gasteiger charge is -2.06. The van der Waals surface area contributed by atoms with Crippen molar-refractivity contribution in [3.05, 3.63) is 58.4 Å². The fourth-order valence-corrected chi connectivity index (χ4v) is 4.18. The number of carbonyl (C=O) groups excluding carboxylic acids is 1. The summed E-state index contributed by atoms with van der Waals surface area (Å²) in [4.78, 5) is 18.1. The SMILES string of the molecule is CCOCCn1c(=NC(=O)c2cccc(SC)c2)sc2cc(F)cc(F)c21. The molecule has 0 spiro atoms. The molecule has 0 fully saturated rings. The third-order valence-corrected chi connectivity index (χ3v) is 5.62. The van der Waals surface area contributed by atoms with Gasteiger partial charge in [0.25, 0.3) is 5.91 Å². The van der Waals surface area contributed by atoms with Crippen molar-refractivity contribution in [1.29, 1.82) is 0 Å². The Bertz CT molecular complexity index is 1040. The smallest absolute Gasteiger partial charge is 0.279 e. The van der Waals surface area contributed by atoms with Crippen LogP contribution in [0, 0.1) is 11.6 Å². The van der Waals surface area contributed by atoms with E-state index in [1.807, 2.05) is 19.2 Å². The number of hydrogen-bond acceptors (Lipinski definition) is 4. The number of fused-ring (bicyclic) bond motifs is 1. The number of halogens is 2. The van der Waals surface area contributed by atoms with Crippen LogP contribution >= 0.6 is 23.1 Å². The Morgan fingerprint density at radius 2 is 2.11 bits per heavy atom. The van der Waals surface area contributed by atoms with Crippen LogP contribution < -0.4 is 4.80 Å². The third kappa shape index (κ3) is 4.45. The monoisotopic (exact) mass is 408 g/mol. The molecule has 3 aromatic rings. The second-order valence-corrected chi connectivity index (χ2v) is 7.51. The van der Waals surface area contributed by atoms with Crippen LogP contribution in [-0.4, -0.2) is 29.9 Å². The molecule has 27 heavy (non-hydrogen) atoms. The minimum Gasteiger partial charge on any atom is -0.380 e. The van der Waals surface area contributed by atoms with Crippen LogP contribution in [0.2, 0.25) is 0 Å². The zero-order valence-electron chi connectivity index (χ0n) is 14.9. The highest BCUT2D eigenvalue weighted by molar-refractivity contribution is 7.98. The molecule has 0 aliphatic carbocycles. The summed E-state index contributed by atoms with van der Waals surface area (Å²) in [6, 6.07) is 9.22. The quantitative estimate of drug-likeness (QED) is 0.446. The molecule has 3 rings (SSSR count). The van der Waals surface area contributed by atoms with Gasteiger partial charge in [-0.3, -0.25) is 4.79 Å². The minimum atomic E-state index is -0.684. The van der Waals surface area contributed by atoms with Gasteiger partial charge < -0.3 is 9.30 Å². The van der Waals surface area contributed by atoms with Gasteiger partial charge in [0.05, 0.1) is 16.8 Å². The van der Waals surface area contributed by atoms with Gasteiger partial charge in [0.2, 0.25) is 0 Å². The standard InChI is InChI=1S/C19H18F2N2O2S2/c1-3-25-8-7-23-17-15(21)10-13(20)11-16(17)27-19(23)22-18(24)12-5-4-6-14(9-12)26-2/h4-6,9-11H,3,7-8H2,1-2H3. The second-order valence-electron chi connectivity index (χ2n) is 5.62. The first-order valence-electron chi connectivity index (χ1n) is 8.32. The number of ether oxygens (including phenoxy) is 1. The average molecular weight is 408 g/mol. The van der Waals surface area contributed by atoms with Gasteiger partial charge in [0.15, 0.2) is 10.6 Å². The summed E-state index contributed by atoms with van der Waals surface area (Å²) >= 11 is 2.60. The highest BCUT2D eigenvalue weighted by Crippen LogP contribution is 2.22. The Morgan fingerprint density at radius 1 is 1.30 bits per heavy atom. The molecule has 0 unspecified atom stereocenters. The number of hydrogen-bond donors (Lipinski definition) is 0. The molecule has 0 bridgehead atoms. The number of benzene rings is 2. The van der Waals surface area contributed by atoms with Crippen molar-refractivity contribution in [3.63, 3.8) is 0 Å². The van der Waals surface area contributed by atoms with E-state index in [-0.39, 0.29) is 5.52 Å². The zero-order chi connectivity index (χ0) is 19.4. The number of aromatic nitrogens is 1. The van der Waals surface area contributed by atoms with Crippen LogP contribution in [0.15, 0.2) is 46.3 Å². The summed E-state index contributed by atoms with van der Waals surface area (Å²) < 4.78 is 35.3. The lowest BCUT2D eigenvalue weighted by molar-refractivity contribution is 0.0996. The van der Waals surface area contributed by atoms with Crippen molar-refractivity contribution in [2.75, 3.05) is 19.5 Å². The van der Waals surface area contributed by atoms with Crippen molar-refractivity contribution >= 4 is 39.2 Å². The van der Waals surface area contributed by atoms with E-state index in [2.05, 4.69) is 4.99 Å². The summed E-state index contributed by atoms with van der Waals surface area (Å²) in [6.07, 6.45) is 1.92. The molecule has 4 nitrogen and oxygen atoms in total. The third-order valence-electron chi connectivity index (χ3n) is 3.87. The van der Waals surface area contributed by atoms with Gasteiger partial charge in [-0.1, -0.05) is 17.4 Å². The maximum Gasteiger partial charge on any atom is 0.279 e. The molecule has 0 radical (unpaired) electrons. The van der Waals surface area contributed by atoms with E-state index in [1.165, 1.54) is 17.8 Å². The molecule has 0 aliphatic rings. The lowest BCUT2D eigenvalue weighted by Crippen LogP contribution is -2.20. The van der Waals surface area contributed by atoms with E-state index in [1.54, 1.807) is 22.8 Å². The predicted octanol–water partition coefficient (Wildman–Crippen LogP) is 4.48. The molecular weight excluding hydrogens is 390 g/mol.